The minimum atomic E-state index is -0.491. The lowest BCUT2D eigenvalue weighted by Crippen LogP contribution is -2.41. The number of rotatable bonds is 3. The van der Waals surface area contributed by atoms with Crippen LogP contribution in [0.4, 0.5) is 5.82 Å². The van der Waals surface area contributed by atoms with Crippen molar-refractivity contribution in [3.05, 3.63) is 57.5 Å². The van der Waals surface area contributed by atoms with E-state index in [1.165, 1.54) is 11.8 Å². The van der Waals surface area contributed by atoms with Crippen molar-refractivity contribution in [3.8, 4) is 5.75 Å². The monoisotopic (exact) mass is 397 g/mol. The van der Waals surface area contributed by atoms with Crippen molar-refractivity contribution in [2.24, 2.45) is 11.3 Å². The highest BCUT2D eigenvalue weighted by Crippen LogP contribution is 2.48. The van der Waals surface area contributed by atoms with Crippen LogP contribution in [0, 0.1) is 11.3 Å². The first-order chi connectivity index (χ1) is 13.3. The molecule has 2 aliphatic rings. The molecule has 1 aliphatic carbocycles. The SMILES string of the molecule is CCSc1nc2c(c(=O)[nH]1)C(c1cccc(O)c1)C1C(=O)CC(C)(C)C=C1N2. The second-order valence-corrected chi connectivity index (χ2v) is 9.23. The Morgan fingerprint density at radius 2 is 2.07 bits per heavy atom. The Labute approximate surface area is 167 Å². The van der Waals surface area contributed by atoms with E-state index in [2.05, 4.69) is 21.4 Å². The standard InChI is InChI=1S/C21H23N3O3S/c1-4-28-20-23-18-17(19(27)24-20)15(11-6-5-7-12(25)8-11)16-13(22-18)9-21(2,3)10-14(16)26/h5-9,15-16,25H,4,10H2,1-3H3,(H2,22,23,24,27). The van der Waals surface area contributed by atoms with Crippen LogP contribution >= 0.6 is 11.8 Å². The number of carbonyl (C=O) groups is 1. The quantitative estimate of drug-likeness (QED) is 0.541. The molecule has 6 nitrogen and oxygen atoms in total. The molecule has 4 rings (SSSR count). The zero-order valence-electron chi connectivity index (χ0n) is 16.1. The number of benzene rings is 1. The van der Waals surface area contributed by atoms with Crippen LogP contribution in [0.3, 0.4) is 0 Å². The normalized spacial score (nSPS) is 22.7. The summed E-state index contributed by atoms with van der Waals surface area (Å²) in [6.07, 6.45) is 2.48. The lowest BCUT2D eigenvalue weighted by atomic mass is 9.67. The lowest BCUT2D eigenvalue weighted by Gasteiger charge is -2.40. The highest BCUT2D eigenvalue weighted by Gasteiger charge is 2.45. The van der Waals surface area contributed by atoms with Gasteiger partial charge in [-0.2, -0.15) is 0 Å². The van der Waals surface area contributed by atoms with Gasteiger partial charge in [-0.1, -0.05) is 50.7 Å². The minimum Gasteiger partial charge on any atom is -0.508 e. The van der Waals surface area contributed by atoms with E-state index in [1.54, 1.807) is 18.2 Å². The molecule has 2 aromatic rings. The molecule has 7 heteroatoms. The summed E-state index contributed by atoms with van der Waals surface area (Å²) >= 11 is 1.46. The van der Waals surface area contributed by atoms with Gasteiger partial charge < -0.3 is 15.4 Å². The summed E-state index contributed by atoms with van der Waals surface area (Å²) in [5.74, 6) is 0.481. The molecule has 1 aromatic heterocycles. The summed E-state index contributed by atoms with van der Waals surface area (Å²) in [7, 11) is 0. The number of hydrogen-bond acceptors (Lipinski definition) is 6. The van der Waals surface area contributed by atoms with E-state index >= 15 is 0 Å². The number of nitrogens with zero attached hydrogens (tertiary/aromatic N) is 1. The van der Waals surface area contributed by atoms with Gasteiger partial charge in [0.1, 0.15) is 17.4 Å². The highest BCUT2D eigenvalue weighted by molar-refractivity contribution is 7.99. The number of aromatic nitrogens is 2. The van der Waals surface area contributed by atoms with Gasteiger partial charge in [-0.05, 0) is 28.9 Å². The van der Waals surface area contributed by atoms with Gasteiger partial charge in [0, 0.05) is 18.0 Å². The molecule has 2 atom stereocenters. The zero-order chi connectivity index (χ0) is 20.1. The third-order valence-electron chi connectivity index (χ3n) is 5.21. The second-order valence-electron chi connectivity index (χ2n) is 7.97. The van der Waals surface area contributed by atoms with Crippen LogP contribution in [0.1, 0.15) is 44.2 Å². The smallest absolute Gasteiger partial charge is 0.257 e. The first kappa shape index (κ1) is 18.8. The number of thioether (sulfide) groups is 1. The van der Waals surface area contributed by atoms with Crippen LogP contribution in [-0.2, 0) is 4.79 Å². The molecule has 0 saturated heterocycles. The first-order valence-electron chi connectivity index (χ1n) is 9.37. The predicted molar refractivity (Wildman–Crippen MR) is 110 cm³/mol. The van der Waals surface area contributed by atoms with Crippen molar-refractivity contribution in [2.45, 2.75) is 38.3 Å². The van der Waals surface area contributed by atoms with Gasteiger partial charge >= 0.3 is 0 Å². The van der Waals surface area contributed by atoms with E-state index in [0.29, 0.717) is 23.0 Å². The Bertz CT molecular complexity index is 1040. The zero-order valence-corrected chi connectivity index (χ0v) is 16.9. The third kappa shape index (κ3) is 3.24. The molecular weight excluding hydrogens is 374 g/mol. The molecule has 2 heterocycles. The van der Waals surface area contributed by atoms with Gasteiger partial charge in [-0.3, -0.25) is 9.59 Å². The summed E-state index contributed by atoms with van der Waals surface area (Å²) in [6.45, 7) is 6.05. The molecule has 28 heavy (non-hydrogen) atoms. The molecule has 2 unspecified atom stereocenters. The molecule has 0 saturated carbocycles. The summed E-state index contributed by atoms with van der Waals surface area (Å²) in [4.78, 5) is 33.6. The maximum Gasteiger partial charge on any atom is 0.257 e. The van der Waals surface area contributed by atoms with Gasteiger partial charge in [0.2, 0.25) is 0 Å². The Morgan fingerprint density at radius 1 is 1.29 bits per heavy atom. The van der Waals surface area contributed by atoms with Gasteiger partial charge in [-0.25, -0.2) is 4.98 Å². The number of fused-ring (bicyclic) bond motifs is 2. The van der Waals surface area contributed by atoms with E-state index in [4.69, 9.17) is 0 Å². The van der Waals surface area contributed by atoms with E-state index in [1.807, 2.05) is 26.8 Å². The average molecular weight is 398 g/mol. The molecule has 146 valence electrons. The van der Waals surface area contributed by atoms with Gasteiger partial charge in [0.05, 0.1) is 11.5 Å². The molecule has 3 N–H and O–H groups in total. The van der Waals surface area contributed by atoms with Crippen molar-refractivity contribution >= 4 is 23.4 Å². The van der Waals surface area contributed by atoms with E-state index in [9.17, 15) is 14.7 Å². The third-order valence-corrected chi connectivity index (χ3v) is 5.96. The maximum atomic E-state index is 13.1. The summed E-state index contributed by atoms with van der Waals surface area (Å²) in [5.41, 5.74) is 1.45. The van der Waals surface area contributed by atoms with Gasteiger partial charge in [0.15, 0.2) is 5.16 Å². The summed E-state index contributed by atoms with van der Waals surface area (Å²) in [6, 6.07) is 6.78. The molecule has 0 fully saturated rings. The van der Waals surface area contributed by atoms with Crippen molar-refractivity contribution in [3.63, 3.8) is 0 Å². The van der Waals surface area contributed by atoms with E-state index in [0.717, 1.165) is 17.0 Å². The van der Waals surface area contributed by atoms with Crippen molar-refractivity contribution < 1.29 is 9.90 Å². The summed E-state index contributed by atoms with van der Waals surface area (Å²) in [5, 5.41) is 13.8. The maximum absolute atomic E-state index is 13.1. The van der Waals surface area contributed by atoms with Crippen LogP contribution in [0.25, 0.3) is 0 Å². The van der Waals surface area contributed by atoms with Crippen LogP contribution in [-0.4, -0.2) is 26.6 Å². The number of ketones is 1. The topological polar surface area (TPSA) is 95.1 Å². The highest BCUT2D eigenvalue weighted by atomic mass is 32.2. The molecule has 0 bridgehead atoms. The van der Waals surface area contributed by atoms with E-state index < -0.39 is 11.8 Å². The predicted octanol–water partition coefficient (Wildman–Crippen LogP) is 3.64. The lowest BCUT2D eigenvalue weighted by molar-refractivity contribution is -0.124. The number of carbonyl (C=O) groups excluding carboxylic acids is 1. The number of allylic oxidation sites excluding steroid dienone is 2. The largest absolute Gasteiger partial charge is 0.508 e. The number of aromatic amines is 1. The number of H-pyrrole nitrogens is 1. The first-order valence-corrected chi connectivity index (χ1v) is 10.4. The Kier molecular flexibility index (Phi) is 4.57. The van der Waals surface area contributed by atoms with Crippen LogP contribution in [0.15, 0.2) is 46.0 Å². The molecule has 0 amide bonds. The molecular formula is C21H23N3O3S. The second kappa shape index (κ2) is 6.81. The van der Waals surface area contributed by atoms with Gasteiger partial charge in [-0.15, -0.1) is 0 Å². The number of aromatic hydroxyl groups is 1. The average Bonchev–Trinajstić information content (AvgIpc) is 2.59. The fraction of sp³-hybridized carbons (Fsp3) is 0.381. The number of hydrogen-bond donors (Lipinski definition) is 3. The fourth-order valence-corrected chi connectivity index (χ4v) is 4.80. The number of phenols is 1. The van der Waals surface area contributed by atoms with E-state index in [-0.39, 0.29) is 22.5 Å². The molecule has 1 aromatic carbocycles. The van der Waals surface area contributed by atoms with Gasteiger partial charge in [0.25, 0.3) is 5.56 Å². The fourth-order valence-electron chi connectivity index (χ4n) is 4.20. The molecule has 0 spiro atoms. The van der Waals surface area contributed by atoms with Crippen molar-refractivity contribution in [1.82, 2.24) is 9.97 Å². The van der Waals surface area contributed by atoms with Crippen LogP contribution in [0.5, 0.6) is 5.75 Å². The molecule has 1 aliphatic heterocycles. The van der Waals surface area contributed by atoms with Crippen LogP contribution < -0.4 is 10.9 Å². The van der Waals surface area contributed by atoms with Crippen molar-refractivity contribution in [1.29, 1.82) is 0 Å². The van der Waals surface area contributed by atoms with Crippen LogP contribution in [0.2, 0.25) is 0 Å². The summed E-state index contributed by atoms with van der Waals surface area (Å²) < 4.78 is 0. The number of phenolic OH excluding ortho intramolecular Hbond substituents is 1. The Hall–Kier alpha value is -2.54. The Balaban J connectivity index is 1.97. The number of anilines is 1. The number of Topliss-reactive ketones (excluding diaryl/α,β-unsaturated/α-hetero) is 1. The Morgan fingerprint density at radius 3 is 2.79 bits per heavy atom. The minimum absolute atomic E-state index is 0.0837. The van der Waals surface area contributed by atoms with Crippen molar-refractivity contribution in [2.75, 3.05) is 11.1 Å². The molecule has 0 radical (unpaired) electrons. The number of nitrogens with one attached hydrogen (secondary N) is 2.